The number of ether oxygens (including phenoxy) is 2. The van der Waals surface area contributed by atoms with E-state index in [2.05, 4.69) is 4.98 Å². The molecule has 0 saturated carbocycles. The van der Waals surface area contributed by atoms with E-state index in [0.717, 1.165) is 24.3 Å². The van der Waals surface area contributed by atoms with Gasteiger partial charge in [0, 0.05) is 24.7 Å². The van der Waals surface area contributed by atoms with Gasteiger partial charge in [0.1, 0.15) is 23.4 Å². The molecule has 2 aromatic rings. The van der Waals surface area contributed by atoms with Gasteiger partial charge in [0.15, 0.2) is 0 Å². The summed E-state index contributed by atoms with van der Waals surface area (Å²) in [7, 11) is 0. The van der Waals surface area contributed by atoms with Crippen LogP contribution >= 0.6 is 11.8 Å². The number of esters is 1. The number of thioether (sulfide) groups is 1. The van der Waals surface area contributed by atoms with Crippen LogP contribution in [0.3, 0.4) is 0 Å². The maximum absolute atomic E-state index is 15.0. The number of carbonyl (C=O) groups excluding carboxylic acids is 1. The summed E-state index contributed by atoms with van der Waals surface area (Å²) in [5.41, 5.74) is 0.793. The summed E-state index contributed by atoms with van der Waals surface area (Å²) in [5, 5.41) is 0. The standard InChI is InChI=1S/C24H28F2N2O3S/c1-2-30-23(29)12-16-6-9-28(15-16)24-19(25)13-17(14-20(24)26)21-4-3-5-22(27-21)31-18-7-10-32-11-8-18/h3-5,13-14,16,18H,2,6-12,15H2,1H3. The third kappa shape index (κ3) is 5.52. The Bertz CT molecular complexity index is 930. The molecule has 0 N–H and O–H groups in total. The van der Waals surface area contributed by atoms with Crippen LogP contribution in [-0.4, -0.2) is 48.3 Å². The summed E-state index contributed by atoms with van der Waals surface area (Å²) >= 11 is 1.92. The quantitative estimate of drug-likeness (QED) is 0.535. The van der Waals surface area contributed by atoms with Gasteiger partial charge in [0.25, 0.3) is 0 Å². The second-order valence-electron chi connectivity index (χ2n) is 8.19. The minimum atomic E-state index is -0.630. The lowest BCUT2D eigenvalue weighted by molar-refractivity contribution is -0.144. The second-order valence-corrected chi connectivity index (χ2v) is 9.41. The average molecular weight is 463 g/mol. The zero-order chi connectivity index (χ0) is 22.5. The van der Waals surface area contributed by atoms with Crippen molar-refractivity contribution in [1.29, 1.82) is 0 Å². The molecule has 32 heavy (non-hydrogen) atoms. The van der Waals surface area contributed by atoms with Gasteiger partial charge in [0.2, 0.25) is 5.88 Å². The molecule has 2 saturated heterocycles. The summed E-state index contributed by atoms with van der Waals surface area (Å²) < 4.78 is 41.0. The predicted molar refractivity (Wildman–Crippen MR) is 122 cm³/mol. The predicted octanol–water partition coefficient (Wildman–Crippen LogP) is 5.08. The van der Waals surface area contributed by atoms with Gasteiger partial charge in [-0.05, 0) is 61.8 Å². The average Bonchev–Trinajstić information content (AvgIpc) is 3.22. The number of anilines is 1. The number of hydrogen-bond acceptors (Lipinski definition) is 6. The van der Waals surface area contributed by atoms with E-state index in [1.54, 1.807) is 30.0 Å². The highest BCUT2D eigenvalue weighted by Crippen LogP contribution is 2.34. The van der Waals surface area contributed by atoms with Crippen molar-refractivity contribution in [3.8, 4) is 17.1 Å². The number of benzene rings is 1. The fourth-order valence-corrected chi connectivity index (χ4v) is 5.34. The van der Waals surface area contributed by atoms with Crippen molar-refractivity contribution < 1.29 is 23.0 Å². The molecule has 172 valence electrons. The number of aromatic nitrogens is 1. The van der Waals surface area contributed by atoms with Gasteiger partial charge in [-0.3, -0.25) is 4.79 Å². The molecule has 4 rings (SSSR count). The van der Waals surface area contributed by atoms with Crippen molar-refractivity contribution in [1.82, 2.24) is 4.98 Å². The van der Waals surface area contributed by atoms with E-state index in [1.165, 1.54) is 12.1 Å². The number of pyridine rings is 1. The number of rotatable bonds is 7. The Balaban J connectivity index is 1.47. The molecule has 2 aliphatic rings. The van der Waals surface area contributed by atoms with Crippen LogP contribution in [0.2, 0.25) is 0 Å². The lowest BCUT2D eigenvalue weighted by Gasteiger charge is -2.22. The molecular weight excluding hydrogens is 434 g/mol. The monoisotopic (exact) mass is 462 g/mol. The maximum Gasteiger partial charge on any atom is 0.306 e. The fourth-order valence-electron chi connectivity index (χ4n) is 4.28. The van der Waals surface area contributed by atoms with E-state index < -0.39 is 11.6 Å². The van der Waals surface area contributed by atoms with E-state index in [-0.39, 0.29) is 30.1 Å². The van der Waals surface area contributed by atoms with Crippen molar-refractivity contribution in [2.75, 3.05) is 36.1 Å². The number of halogens is 2. The van der Waals surface area contributed by atoms with E-state index in [9.17, 15) is 13.6 Å². The highest BCUT2D eigenvalue weighted by atomic mass is 32.2. The summed E-state index contributed by atoms with van der Waals surface area (Å²) in [6.45, 7) is 3.02. The van der Waals surface area contributed by atoms with Gasteiger partial charge in [-0.25, -0.2) is 13.8 Å². The molecular formula is C24H28F2N2O3S. The van der Waals surface area contributed by atoms with Crippen LogP contribution in [0.15, 0.2) is 30.3 Å². The van der Waals surface area contributed by atoms with Crippen molar-refractivity contribution in [2.24, 2.45) is 5.92 Å². The van der Waals surface area contributed by atoms with Gasteiger partial charge >= 0.3 is 5.97 Å². The smallest absolute Gasteiger partial charge is 0.306 e. The first kappa shape index (κ1) is 22.8. The van der Waals surface area contributed by atoms with Crippen molar-refractivity contribution in [3.63, 3.8) is 0 Å². The molecule has 8 heteroatoms. The molecule has 0 spiro atoms. The third-order valence-corrected chi connectivity index (χ3v) is 6.90. The van der Waals surface area contributed by atoms with E-state index >= 15 is 0 Å². The van der Waals surface area contributed by atoms with Gasteiger partial charge < -0.3 is 14.4 Å². The van der Waals surface area contributed by atoms with Crippen molar-refractivity contribution in [2.45, 2.75) is 38.7 Å². The Morgan fingerprint density at radius 1 is 1.19 bits per heavy atom. The molecule has 0 radical (unpaired) electrons. The van der Waals surface area contributed by atoms with Crippen LogP contribution in [-0.2, 0) is 9.53 Å². The molecule has 3 heterocycles. The van der Waals surface area contributed by atoms with Gasteiger partial charge in [-0.2, -0.15) is 11.8 Å². The molecule has 1 aromatic heterocycles. The first-order chi connectivity index (χ1) is 15.5. The van der Waals surface area contributed by atoms with E-state index in [0.29, 0.717) is 43.3 Å². The zero-order valence-electron chi connectivity index (χ0n) is 18.2. The lowest BCUT2D eigenvalue weighted by Crippen LogP contribution is -2.23. The van der Waals surface area contributed by atoms with Crippen LogP contribution in [0.1, 0.15) is 32.6 Å². The van der Waals surface area contributed by atoms with Gasteiger partial charge in [-0.1, -0.05) is 6.07 Å². The Morgan fingerprint density at radius 3 is 2.66 bits per heavy atom. The Kier molecular flexibility index (Phi) is 7.50. The summed E-state index contributed by atoms with van der Waals surface area (Å²) in [6, 6.07) is 7.93. The third-order valence-electron chi connectivity index (χ3n) is 5.85. The molecule has 0 amide bonds. The summed E-state index contributed by atoms with van der Waals surface area (Å²) in [5.74, 6) is 1.12. The van der Waals surface area contributed by atoms with Crippen LogP contribution in [0.5, 0.6) is 5.88 Å². The molecule has 5 nitrogen and oxygen atoms in total. The van der Waals surface area contributed by atoms with E-state index in [1.807, 2.05) is 11.8 Å². The van der Waals surface area contributed by atoms with Crippen LogP contribution in [0.4, 0.5) is 14.5 Å². The van der Waals surface area contributed by atoms with Crippen molar-refractivity contribution >= 4 is 23.4 Å². The van der Waals surface area contributed by atoms with Gasteiger partial charge in [-0.15, -0.1) is 0 Å². The largest absolute Gasteiger partial charge is 0.474 e. The van der Waals surface area contributed by atoms with Gasteiger partial charge in [0.05, 0.1) is 18.7 Å². The van der Waals surface area contributed by atoms with E-state index in [4.69, 9.17) is 9.47 Å². The molecule has 2 fully saturated rings. The molecule has 2 aliphatic heterocycles. The second kappa shape index (κ2) is 10.5. The highest BCUT2D eigenvalue weighted by Gasteiger charge is 2.29. The molecule has 0 bridgehead atoms. The highest BCUT2D eigenvalue weighted by molar-refractivity contribution is 7.99. The minimum Gasteiger partial charge on any atom is -0.474 e. The maximum atomic E-state index is 15.0. The number of hydrogen-bond donors (Lipinski definition) is 0. The Morgan fingerprint density at radius 2 is 1.94 bits per heavy atom. The topological polar surface area (TPSA) is 51.7 Å². The molecule has 1 unspecified atom stereocenters. The molecule has 1 atom stereocenters. The first-order valence-corrected chi connectivity index (χ1v) is 12.3. The molecule has 0 aliphatic carbocycles. The SMILES string of the molecule is CCOC(=O)CC1CCN(c2c(F)cc(-c3cccc(OC4CCSCC4)n3)cc2F)C1. The van der Waals surface area contributed by atoms with Crippen LogP contribution in [0, 0.1) is 17.6 Å². The summed E-state index contributed by atoms with van der Waals surface area (Å²) in [4.78, 5) is 17.9. The fraction of sp³-hybridized carbons (Fsp3) is 0.500. The Labute approximate surface area is 191 Å². The first-order valence-electron chi connectivity index (χ1n) is 11.1. The number of carbonyl (C=O) groups is 1. The van der Waals surface area contributed by atoms with Crippen molar-refractivity contribution in [3.05, 3.63) is 42.0 Å². The van der Waals surface area contributed by atoms with Crippen LogP contribution < -0.4 is 9.64 Å². The number of nitrogens with zero attached hydrogens (tertiary/aromatic N) is 2. The minimum absolute atomic E-state index is 0.0289. The lowest BCUT2D eigenvalue weighted by atomic mass is 10.1. The molecule has 1 aromatic carbocycles. The Hall–Kier alpha value is -2.35. The summed E-state index contributed by atoms with van der Waals surface area (Å²) in [6.07, 6.45) is 3.04. The van der Waals surface area contributed by atoms with Crippen LogP contribution in [0.25, 0.3) is 11.3 Å². The normalized spacial score (nSPS) is 19.2. The zero-order valence-corrected chi connectivity index (χ0v) is 19.0.